The van der Waals surface area contributed by atoms with Gasteiger partial charge in [-0.3, -0.25) is 9.59 Å². The van der Waals surface area contributed by atoms with Crippen LogP contribution in [0.1, 0.15) is 74.9 Å². The third kappa shape index (κ3) is 8.81. The van der Waals surface area contributed by atoms with Gasteiger partial charge in [0.1, 0.15) is 29.5 Å². The quantitative estimate of drug-likeness (QED) is 0.0945. The van der Waals surface area contributed by atoms with Crippen molar-refractivity contribution in [3.05, 3.63) is 115 Å². The fourth-order valence-electron chi connectivity index (χ4n) is 8.77. The number of carbonyl (C=O) groups is 4. The highest BCUT2D eigenvalue weighted by Gasteiger charge is 2.39. The second kappa shape index (κ2) is 18.4. The number of nitrogens with zero attached hydrogens (tertiary/aromatic N) is 4. The van der Waals surface area contributed by atoms with Gasteiger partial charge in [-0.1, -0.05) is 80.6 Å². The Bertz CT molecular complexity index is 2620. The van der Waals surface area contributed by atoms with Crippen LogP contribution in [0, 0.1) is 5.92 Å². The van der Waals surface area contributed by atoms with Crippen molar-refractivity contribution in [2.24, 2.45) is 5.92 Å². The van der Waals surface area contributed by atoms with Crippen LogP contribution in [0.3, 0.4) is 0 Å². The number of methoxy groups -OCH3 is 3. The predicted molar refractivity (Wildman–Crippen MR) is 237 cm³/mol. The van der Waals surface area contributed by atoms with Gasteiger partial charge in [-0.15, -0.1) is 0 Å². The van der Waals surface area contributed by atoms with Gasteiger partial charge in [-0.2, -0.15) is 0 Å². The first-order valence-electron chi connectivity index (χ1n) is 21.2. The third-order valence-corrected chi connectivity index (χ3v) is 12.1. The van der Waals surface area contributed by atoms with Crippen LogP contribution in [0.4, 0.5) is 9.59 Å². The molecule has 2 saturated heterocycles. The van der Waals surface area contributed by atoms with Crippen LogP contribution in [0.2, 0.25) is 0 Å². The van der Waals surface area contributed by atoms with Gasteiger partial charge in [0.05, 0.1) is 57.2 Å². The Kier molecular flexibility index (Phi) is 12.4. The molecule has 0 bridgehead atoms. The average Bonchev–Trinajstić information content (AvgIpc) is 4.16. The molecule has 15 heteroatoms. The molecule has 4 atom stereocenters. The van der Waals surface area contributed by atoms with Crippen molar-refractivity contribution in [2.75, 3.05) is 34.4 Å². The monoisotopic (exact) mass is 852 g/mol. The number of hydrogen-bond donors (Lipinski definition) is 4. The first kappa shape index (κ1) is 42.5. The number of aromatic amines is 2. The molecule has 326 valence electrons. The maximum atomic E-state index is 14.1. The highest BCUT2D eigenvalue weighted by atomic mass is 16.5. The first-order valence-corrected chi connectivity index (χ1v) is 21.2. The Hall–Kier alpha value is -7.16. The summed E-state index contributed by atoms with van der Waals surface area (Å²) in [6.45, 7) is 4.91. The van der Waals surface area contributed by atoms with Gasteiger partial charge in [0, 0.05) is 24.2 Å². The van der Waals surface area contributed by atoms with Crippen molar-refractivity contribution in [3.63, 3.8) is 0 Å². The smallest absolute Gasteiger partial charge is 0.407 e. The number of ether oxygens (including phenoxy) is 3. The standard InChI is InChI=1S/C48H52N8O7/c1-28(2)41(53-47(59)62-4)45(57)55-22-8-11-38(55)44-50-27-37(52-44)34-21-20-32-24-31(18-19-33(32)25-34)29-14-16-30(17-15-29)36-26-49-43(51-36)39-12-9-23-56(39)46(58)42(54-48(60)63-5)35-10-6-7-13-40(35)61-3/h6-7,10,13-21,24-28,38-39,41-42H,8-9,11-12,22-23H2,1-5H3,(H,49,51)(H,50,52)(H,53,59)(H,54,60)/t38-,39-,41-,42-/m0/s1. The van der Waals surface area contributed by atoms with E-state index in [1.165, 1.54) is 21.3 Å². The van der Waals surface area contributed by atoms with E-state index in [2.05, 4.69) is 81.3 Å². The van der Waals surface area contributed by atoms with Crippen LogP contribution < -0.4 is 15.4 Å². The van der Waals surface area contributed by atoms with Gasteiger partial charge in [0.25, 0.3) is 5.91 Å². The molecule has 4 N–H and O–H groups in total. The number of likely N-dealkylation sites (tertiary alicyclic amines) is 2. The van der Waals surface area contributed by atoms with Gasteiger partial charge in [0.2, 0.25) is 5.91 Å². The van der Waals surface area contributed by atoms with Gasteiger partial charge in [0.15, 0.2) is 0 Å². The normalized spacial score (nSPS) is 17.1. The first-order chi connectivity index (χ1) is 30.6. The average molecular weight is 853 g/mol. The molecule has 0 spiro atoms. The van der Waals surface area contributed by atoms with E-state index in [0.29, 0.717) is 30.2 Å². The van der Waals surface area contributed by atoms with Gasteiger partial charge < -0.3 is 44.6 Å². The molecular formula is C48H52N8O7. The number of alkyl carbamates (subject to hydrolysis) is 2. The summed E-state index contributed by atoms with van der Waals surface area (Å²) in [5.41, 5.74) is 6.32. The number of nitrogens with one attached hydrogen (secondary N) is 4. The zero-order valence-electron chi connectivity index (χ0n) is 36.0. The summed E-state index contributed by atoms with van der Waals surface area (Å²) >= 11 is 0. The molecule has 8 rings (SSSR count). The van der Waals surface area contributed by atoms with E-state index >= 15 is 0 Å². The maximum absolute atomic E-state index is 14.1. The minimum atomic E-state index is -1.01. The van der Waals surface area contributed by atoms with Crippen LogP contribution >= 0.6 is 0 Å². The Morgan fingerprint density at radius 1 is 0.651 bits per heavy atom. The number of para-hydroxylation sites is 1. The number of hydrogen-bond acceptors (Lipinski definition) is 9. The van der Waals surface area contributed by atoms with Crippen molar-refractivity contribution >= 4 is 34.8 Å². The Morgan fingerprint density at radius 3 is 1.78 bits per heavy atom. The number of aromatic nitrogens is 4. The molecule has 2 fully saturated rings. The van der Waals surface area contributed by atoms with Crippen LogP contribution in [0.5, 0.6) is 5.75 Å². The Labute approximate surface area is 365 Å². The SMILES string of the molecule is COC(=O)N[C@H](C(=O)N1CCC[C@H]1c1ncc(-c2ccc(-c3ccc4cc(-c5cnc([C@@H]6CCCN6C(=O)[C@@H](NC(=O)OC)C(C)C)[nH]5)ccc4c3)cc2)[nH]1)c1ccccc1OC. The summed E-state index contributed by atoms with van der Waals surface area (Å²) in [5.74, 6) is 1.36. The summed E-state index contributed by atoms with van der Waals surface area (Å²) in [7, 11) is 4.08. The fourth-order valence-corrected chi connectivity index (χ4v) is 8.77. The van der Waals surface area contributed by atoms with Crippen molar-refractivity contribution in [1.82, 2.24) is 40.4 Å². The van der Waals surface area contributed by atoms with Crippen molar-refractivity contribution < 1.29 is 33.4 Å². The fraction of sp³-hybridized carbons (Fsp3) is 0.333. The molecule has 15 nitrogen and oxygen atoms in total. The lowest BCUT2D eigenvalue weighted by molar-refractivity contribution is -0.136. The molecule has 2 aromatic heterocycles. The summed E-state index contributed by atoms with van der Waals surface area (Å²) in [6, 6.07) is 25.9. The summed E-state index contributed by atoms with van der Waals surface area (Å²) in [4.78, 5) is 72.1. The van der Waals surface area contributed by atoms with E-state index < -0.39 is 24.3 Å². The minimum Gasteiger partial charge on any atom is -0.496 e. The van der Waals surface area contributed by atoms with Gasteiger partial charge in [-0.05, 0) is 77.3 Å². The second-order valence-corrected chi connectivity index (χ2v) is 16.3. The van der Waals surface area contributed by atoms with Crippen LogP contribution in [-0.4, -0.2) is 94.2 Å². The molecule has 0 saturated carbocycles. The Balaban J connectivity index is 0.947. The number of amides is 4. The van der Waals surface area contributed by atoms with E-state index in [9.17, 15) is 19.2 Å². The topological polar surface area (TPSA) is 184 Å². The lowest BCUT2D eigenvalue weighted by Gasteiger charge is -2.30. The summed E-state index contributed by atoms with van der Waals surface area (Å²) in [5, 5.41) is 7.58. The van der Waals surface area contributed by atoms with Gasteiger partial charge >= 0.3 is 12.2 Å². The summed E-state index contributed by atoms with van der Waals surface area (Å²) < 4.78 is 15.2. The van der Waals surface area contributed by atoms with Crippen molar-refractivity contribution in [1.29, 1.82) is 0 Å². The van der Waals surface area contributed by atoms with Crippen LogP contribution in [0.25, 0.3) is 44.4 Å². The number of fused-ring (bicyclic) bond motifs is 1. The highest BCUT2D eigenvalue weighted by molar-refractivity contribution is 5.91. The molecule has 2 aliphatic heterocycles. The molecular weight excluding hydrogens is 801 g/mol. The van der Waals surface area contributed by atoms with E-state index in [-0.39, 0.29) is 29.8 Å². The molecule has 4 aromatic carbocycles. The third-order valence-electron chi connectivity index (χ3n) is 12.1. The molecule has 4 heterocycles. The van der Waals surface area contributed by atoms with E-state index in [1.54, 1.807) is 29.3 Å². The van der Waals surface area contributed by atoms with Crippen LogP contribution in [0.15, 0.2) is 97.3 Å². The highest BCUT2D eigenvalue weighted by Crippen LogP contribution is 2.37. The predicted octanol–water partition coefficient (Wildman–Crippen LogP) is 8.10. The molecule has 0 unspecified atom stereocenters. The minimum absolute atomic E-state index is 0.111. The molecule has 0 radical (unpaired) electrons. The lowest BCUT2D eigenvalue weighted by Crippen LogP contribution is -2.51. The zero-order chi connectivity index (χ0) is 44.2. The second-order valence-electron chi connectivity index (χ2n) is 16.3. The zero-order valence-corrected chi connectivity index (χ0v) is 36.0. The van der Waals surface area contributed by atoms with Crippen molar-refractivity contribution in [3.8, 4) is 39.4 Å². The number of rotatable bonds is 12. The van der Waals surface area contributed by atoms with Crippen LogP contribution in [-0.2, 0) is 19.1 Å². The Morgan fingerprint density at radius 2 is 1.17 bits per heavy atom. The molecule has 4 amide bonds. The number of H-pyrrole nitrogens is 2. The maximum Gasteiger partial charge on any atom is 0.407 e. The van der Waals surface area contributed by atoms with E-state index in [0.717, 1.165) is 75.9 Å². The van der Waals surface area contributed by atoms with Crippen molar-refractivity contribution in [2.45, 2.75) is 63.7 Å². The van der Waals surface area contributed by atoms with Gasteiger partial charge in [-0.25, -0.2) is 19.6 Å². The summed E-state index contributed by atoms with van der Waals surface area (Å²) in [6.07, 6.45) is 5.40. The van der Waals surface area contributed by atoms with E-state index in [1.807, 2.05) is 31.0 Å². The largest absolute Gasteiger partial charge is 0.496 e. The number of imidazole rings is 2. The number of carbonyl (C=O) groups excluding carboxylic acids is 4. The molecule has 6 aromatic rings. The molecule has 63 heavy (non-hydrogen) atoms. The lowest BCUT2D eigenvalue weighted by atomic mass is 9.98. The molecule has 0 aliphatic carbocycles. The molecule has 2 aliphatic rings. The van der Waals surface area contributed by atoms with E-state index in [4.69, 9.17) is 24.2 Å². The number of benzene rings is 4.